The summed E-state index contributed by atoms with van der Waals surface area (Å²) in [7, 11) is 0. The molecule has 0 radical (unpaired) electrons. The molecular formula is C17H22N2O. The molecule has 0 saturated carbocycles. The molecule has 0 aliphatic heterocycles. The Labute approximate surface area is 120 Å². The molecule has 0 amide bonds. The van der Waals surface area contributed by atoms with E-state index in [1.165, 1.54) is 0 Å². The number of anilines is 1. The fourth-order valence-electron chi connectivity index (χ4n) is 1.92. The predicted octanol–water partition coefficient (Wildman–Crippen LogP) is 4.36. The maximum Gasteiger partial charge on any atom is 0.160 e. The Hall–Kier alpha value is -2.16. The first kappa shape index (κ1) is 15.9. The number of rotatable bonds is 6. The maximum atomic E-state index is 11.5. The standard InChI is InChI=1S/C17H22N2O/c1-5-7-8-17(12(3)18)19-15-9-10-16(13(4)20)14(6-2)11-15/h5,7-11,18-19H,6H2,1-4H3/b7-5-,17-8+,18-12?. The SMILES string of the molecule is C/C=C\C=C(\Nc1ccc(C(C)=O)c(CC)c1)C(C)=N. The fourth-order valence-corrected chi connectivity index (χ4v) is 1.92. The fraction of sp³-hybridized carbons (Fsp3) is 0.294. The largest absolute Gasteiger partial charge is 0.354 e. The summed E-state index contributed by atoms with van der Waals surface area (Å²) in [6.07, 6.45) is 6.49. The van der Waals surface area contributed by atoms with Gasteiger partial charge in [0.2, 0.25) is 0 Å². The highest BCUT2D eigenvalue weighted by Gasteiger charge is 2.07. The molecule has 0 aliphatic rings. The number of carbonyl (C=O) groups is 1. The molecule has 0 bridgehead atoms. The zero-order valence-corrected chi connectivity index (χ0v) is 12.6. The van der Waals surface area contributed by atoms with Crippen LogP contribution in [0.3, 0.4) is 0 Å². The van der Waals surface area contributed by atoms with E-state index in [0.29, 0.717) is 5.71 Å². The van der Waals surface area contributed by atoms with Crippen LogP contribution in [0, 0.1) is 5.41 Å². The van der Waals surface area contributed by atoms with Gasteiger partial charge in [-0.2, -0.15) is 0 Å². The Balaban J connectivity index is 3.09. The van der Waals surface area contributed by atoms with Crippen molar-refractivity contribution in [3.63, 3.8) is 0 Å². The summed E-state index contributed by atoms with van der Waals surface area (Å²) in [6.45, 7) is 7.29. The second-order valence-electron chi connectivity index (χ2n) is 4.64. The number of Topliss-reactive ketones (excluding diaryl/α,β-unsaturated/α-hetero) is 1. The molecule has 0 unspecified atom stereocenters. The van der Waals surface area contributed by atoms with Crippen LogP contribution in [-0.2, 0) is 6.42 Å². The first-order valence-corrected chi connectivity index (χ1v) is 6.79. The Kier molecular flexibility index (Phi) is 5.91. The second-order valence-corrected chi connectivity index (χ2v) is 4.64. The van der Waals surface area contributed by atoms with E-state index in [0.717, 1.165) is 28.9 Å². The average Bonchev–Trinajstić information content (AvgIpc) is 2.42. The van der Waals surface area contributed by atoms with Gasteiger partial charge in [0.15, 0.2) is 5.78 Å². The molecule has 20 heavy (non-hydrogen) atoms. The van der Waals surface area contributed by atoms with Gasteiger partial charge in [0.05, 0.1) is 11.4 Å². The Morgan fingerprint density at radius 1 is 1.35 bits per heavy atom. The van der Waals surface area contributed by atoms with Crippen LogP contribution < -0.4 is 5.32 Å². The van der Waals surface area contributed by atoms with Gasteiger partial charge in [-0.25, -0.2) is 0 Å². The first-order valence-electron chi connectivity index (χ1n) is 6.79. The van der Waals surface area contributed by atoms with Crippen molar-refractivity contribution in [3.8, 4) is 0 Å². The van der Waals surface area contributed by atoms with Gasteiger partial charge in [-0.3, -0.25) is 4.79 Å². The highest BCUT2D eigenvalue weighted by atomic mass is 16.1. The summed E-state index contributed by atoms with van der Waals surface area (Å²) in [4.78, 5) is 11.5. The molecule has 0 heterocycles. The average molecular weight is 270 g/mol. The van der Waals surface area contributed by atoms with Gasteiger partial charge in [-0.15, -0.1) is 0 Å². The van der Waals surface area contributed by atoms with Crippen molar-refractivity contribution in [2.45, 2.75) is 34.1 Å². The molecule has 0 aliphatic carbocycles. The molecule has 2 N–H and O–H groups in total. The van der Waals surface area contributed by atoms with Crippen LogP contribution in [0.2, 0.25) is 0 Å². The molecule has 106 valence electrons. The third-order valence-electron chi connectivity index (χ3n) is 3.00. The van der Waals surface area contributed by atoms with Crippen molar-refractivity contribution in [3.05, 3.63) is 53.3 Å². The third kappa shape index (κ3) is 4.19. The number of benzene rings is 1. The van der Waals surface area contributed by atoms with Crippen LogP contribution in [0.1, 0.15) is 43.6 Å². The van der Waals surface area contributed by atoms with E-state index in [4.69, 9.17) is 5.41 Å². The van der Waals surface area contributed by atoms with E-state index in [9.17, 15) is 4.79 Å². The highest BCUT2D eigenvalue weighted by Crippen LogP contribution is 2.19. The quantitative estimate of drug-likeness (QED) is 0.458. The molecule has 3 heteroatoms. The molecule has 0 spiro atoms. The van der Waals surface area contributed by atoms with Gasteiger partial charge in [0.25, 0.3) is 0 Å². The number of hydrogen-bond donors (Lipinski definition) is 2. The van der Waals surface area contributed by atoms with Gasteiger partial charge in [0, 0.05) is 11.3 Å². The summed E-state index contributed by atoms with van der Waals surface area (Å²) in [6, 6.07) is 5.70. The van der Waals surface area contributed by atoms with Crippen molar-refractivity contribution in [2.24, 2.45) is 0 Å². The van der Waals surface area contributed by atoms with Crippen LogP contribution in [0.5, 0.6) is 0 Å². The van der Waals surface area contributed by atoms with Crippen LogP contribution in [0.25, 0.3) is 0 Å². The van der Waals surface area contributed by atoms with Crippen LogP contribution in [0.4, 0.5) is 5.69 Å². The zero-order valence-electron chi connectivity index (χ0n) is 12.6. The normalized spacial score (nSPS) is 11.7. The summed E-state index contributed by atoms with van der Waals surface area (Å²) in [5.41, 5.74) is 3.91. The molecule has 0 saturated heterocycles. The van der Waals surface area contributed by atoms with Crippen LogP contribution in [-0.4, -0.2) is 11.5 Å². The molecule has 1 aromatic rings. The Morgan fingerprint density at radius 2 is 2.05 bits per heavy atom. The minimum atomic E-state index is 0.0846. The van der Waals surface area contributed by atoms with Crippen molar-refractivity contribution in [2.75, 3.05) is 5.32 Å². The third-order valence-corrected chi connectivity index (χ3v) is 3.00. The summed E-state index contributed by atoms with van der Waals surface area (Å²) in [5.74, 6) is 0.0846. The number of carbonyl (C=O) groups excluding carboxylic acids is 1. The monoisotopic (exact) mass is 270 g/mol. The Morgan fingerprint density at radius 3 is 2.55 bits per heavy atom. The van der Waals surface area contributed by atoms with E-state index in [1.807, 2.05) is 50.3 Å². The van der Waals surface area contributed by atoms with Crippen LogP contribution in [0.15, 0.2) is 42.1 Å². The number of aryl methyl sites for hydroxylation is 1. The van der Waals surface area contributed by atoms with Gasteiger partial charge in [-0.05, 0) is 57.0 Å². The van der Waals surface area contributed by atoms with Gasteiger partial charge in [0.1, 0.15) is 0 Å². The van der Waals surface area contributed by atoms with Crippen molar-refractivity contribution < 1.29 is 4.79 Å². The Bertz CT molecular complexity index is 568. The number of hydrogen-bond acceptors (Lipinski definition) is 3. The minimum Gasteiger partial charge on any atom is -0.354 e. The lowest BCUT2D eigenvalue weighted by Gasteiger charge is -2.12. The topological polar surface area (TPSA) is 53.0 Å². The summed E-state index contributed by atoms with van der Waals surface area (Å²) in [5, 5.41) is 11.0. The first-order chi connectivity index (χ1) is 9.49. The van der Waals surface area contributed by atoms with Crippen molar-refractivity contribution in [1.29, 1.82) is 5.41 Å². The molecule has 1 rings (SSSR count). The van der Waals surface area contributed by atoms with Crippen molar-refractivity contribution >= 4 is 17.2 Å². The molecular weight excluding hydrogens is 248 g/mol. The minimum absolute atomic E-state index is 0.0846. The van der Waals surface area contributed by atoms with E-state index in [1.54, 1.807) is 13.8 Å². The predicted molar refractivity (Wildman–Crippen MR) is 85.7 cm³/mol. The lowest BCUT2D eigenvalue weighted by molar-refractivity contribution is 0.101. The van der Waals surface area contributed by atoms with E-state index >= 15 is 0 Å². The molecule has 0 atom stereocenters. The van der Waals surface area contributed by atoms with E-state index in [-0.39, 0.29) is 5.78 Å². The molecule has 3 nitrogen and oxygen atoms in total. The molecule has 0 fully saturated rings. The van der Waals surface area contributed by atoms with Crippen molar-refractivity contribution in [1.82, 2.24) is 0 Å². The maximum absolute atomic E-state index is 11.5. The summed E-state index contributed by atoms with van der Waals surface area (Å²) < 4.78 is 0. The lowest BCUT2D eigenvalue weighted by atomic mass is 10.0. The molecule has 1 aromatic carbocycles. The smallest absolute Gasteiger partial charge is 0.160 e. The number of allylic oxidation sites excluding steroid dienone is 4. The molecule has 0 aromatic heterocycles. The summed E-state index contributed by atoms with van der Waals surface area (Å²) >= 11 is 0. The second kappa shape index (κ2) is 7.43. The number of nitrogens with one attached hydrogen (secondary N) is 2. The van der Waals surface area contributed by atoms with Gasteiger partial charge in [-0.1, -0.05) is 19.1 Å². The van der Waals surface area contributed by atoms with Gasteiger partial charge >= 0.3 is 0 Å². The van der Waals surface area contributed by atoms with Gasteiger partial charge < -0.3 is 10.7 Å². The van der Waals surface area contributed by atoms with Crippen LogP contribution >= 0.6 is 0 Å². The van der Waals surface area contributed by atoms with E-state index < -0.39 is 0 Å². The highest BCUT2D eigenvalue weighted by molar-refractivity contribution is 5.99. The zero-order chi connectivity index (χ0) is 15.1. The lowest BCUT2D eigenvalue weighted by Crippen LogP contribution is -2.08. The van der Waals surface area contributed by atoms with E-state index in [2.05, 4.69) is 5.32 Å². The number of ketones is 1.